The molecule has 0 heterocycles. The topological polar surface area (TPSA) is 55.8 Å². The van der Waals surface area contributed by atoms with Crippen LogP contribution in [0.5, 0.6) is 11.5 Å². The Kier molecular flexibility index (Phi) is 4.11. The molecule has 3 unspecified atom stereocenters. The fourth-order valence-electron chi connectivity index (χ4n) is 6.22. The Labute approximate surface area is 155 Å². The molecule has 1 N–H and O–H groups in total. The summed E-state index contributed by atoms with van der Waals surface area (Å²) in [5.74, 6) is 2.26. The van der Waals surface area contributed by atoms with Gasteiger partial charge in [0.2, 0.25) is 0 Å². The minimum atomic E-state index is -0.788. The third-order valence-electron chi connectivity index (χ3n) is 7.86. The molecule has 4 nitrogen and oxygen atoms in total. The van der Waals surface area contributed by atoms with Crippen molar-refractivity contribution < 1.29 is 19.4 Å². The Morgan fingerprint density at radius 1 is 1.15 bits per heavy atom. The summed E-state index contributed by atoms with van der Waals surface area (Å²) in [7, 11) is 1.58. The Bertz CT molecular complexity index is 742. The summed E-state index contributed by atoms with van der Waals surface area (Å²) in [6.07, 6.45) is 6.29. The first-order chi connectivity index (χ1) is 12.3. The zero-order chi connectivity index (χ0) is 18.7. The first-order valence-corrected chi connectivity index (χ1v) is 9.92. The van der Waals surface area contributed by atoms with Crippen molar-refractivity contribution in [2.75, 3.05) is 7.11 Å². The van der Waals surface area contributed by atoms with Crippen molar-refractivity contribution >= 4 is 5.97 Å². The molecule has 1 aromatic carbocycles. The van der Waals surface area contributed by atoms with Crippen molar-refractivity contribution in [1.82, 2.24) is 0 Å². The lowest BCUT2D eigenvalue weighted by Gasteiger charge is -2.55. The quantitative estimate of drug-likeness (QED) is 0.635. The average molecular weight is 358 g/mol. The summed E-state index contributed by atoms with van der Waals surface area (Å²) >= 11 is 0. The van der Waals surface area contributed by atoms with Gasteiger partial charge in [-0.3, -0.25) is 4.79 Å². The molecule has 0 radical (unpaired) electrons. The number of methoxy groups -OCH3 is 1. The third kappa shape index (κ3) is 2.41. The summed E-state index contributed by atoms with van der Waals surface area (Å²) in [4.78, 5) is 11.4. The highest BCUT2D eigenvalue weighted by atomic mass is 16.6. The van der Waals surface area contributed by atoms with Crippen LogP contribution in [-0.2, 0) is 16.8 Å². The minimum Gasteiger partial charge on any atom is -0.493 e. The van der Waals surface area contributed by atoms with Crippen molar-refractivity contribution in [1.29, 1.82) is 0 Å². The van der Waals surface area contributed by atoms with Gasteiger partial charge in [0.1, 0.15) is 0 Å². The zero-order valence-electron chi connectivity index (χ0n) is 16.3. The van der Waals surface area contributed by atoms with Crippen molar-refractivity contribution in [3.8, 4) is 11.5 Å². The number of fused-ring (bicyclic) bond motifs is 5. The second-order valence-corrected chi connectivity index (χ2v) is 8.91. The van der Waals surface area contributed by atoms with Gasteiger partial charge < -0.3 is 14.6 Å². The molecule has 0 saturated heterocycles. The maximum absolute atomic E-state index is 11.8. The van der Waals surface area contributed by atoms with E-state index in [9.17, 15) is 9.90 Å². The third-order valence-corrected chi connectivity index (χ3v) is 7.86. The number of hydrogen-bond acceptors (Lipinski definition) is 4. The van der Waals surface area contributed by atoms with Crippen LogP contribution >= 0.6 is 0 Å². The van der Waals surface area contributed by atoms with Crippen LogP contribution in [0.25, 0.3) is 0 Å². The fraction of sp³-hybridized carbons (Fsp3) is 0.682. The van der Waals surface area contributed by atoms with Gasteiger partial charge in [-0.1, -0.05) is 13.8 Å². The van der Waals surface area contributed by atoms with Gasteiger partial charge in [0.15, 0.2) is 11.5 Å². The summed E-state index contributed by atoms with van der Waals surface area (Å²) in [6.45, 7) is 6.22. The van der Waals surface area contributed by atoms with E-state index in [2.05, 4.69) is 13.8 Å². The summed E-state index contributed by atoms with van der Waals surface area (Å²) in [6, 6.07) is 3.82. The van der Waals surface area contributed by atoms with E-state index in [-0.39, 0.29) is 5.97 Å². The first-order valence-electron chi connectivity index (χ1n) is 9.92. The van der Waals surface area contributed by atoms with E-state index in [0.717, 1.165) is 42.7 Å². The number of ether oxygens (including phenoxy) is 2. The standard InChI is InChI=1S/C22H30O4/c1-13-5-7-16-17-8-6-15-11-20(26-14(2)23)19(25-4)12-18(15)22(17,24)10-9-21(13,16)3/h11-13,16-17,24H,5-10H2,1-4H3/t13-,16?,17?,21+,22?/m0/s1. The van der Waals surface area contributed by atoms with Crippen LogP contribution in [0.2, 0.25) is 0 Å². The number of rotatable bonds is 2. The number of esters is 1. The normalized spacial score (nSPS) is 38.1. The monoisotopic (exact) mass is 358 g/mol. The number of aryl methyl sites for hydroxylation is 1. The van der Waals surface area contributed by atoms with Crippen LogP contribution in [0, 0.1) is 23.2 Å². The molecule has 0 aromatic heterocycles. The van der Waals surface area contributed by atoms with E-state index >= 15 is 0 Å². The van der Waals surface area contributed by atoms with Crippen molar-refractivity contribution in [2.45, 2.75) is 64.9 Å². The molecule has 4 rings (SSSR count). The van der Waals surface area contributed by atoms with Gasteiger partial charge in [-0.25, -0.2) is 0 Å². The molecule has 4 heteroatoms. The van der Waals surface area contributed by atoms with E-state index in [4.69, 9.17) is 9.47 Å². The predicted molar refractivity (Wildman–Crippen MR) is 99.2 cm³/mol. The average Bonchev–Trinajstić information content (AvgIpc) is 2.89. The number of hydrogen-bond donors (Lipinski definition) is 1. The lowest BCUT2D eigenvalue weighted by Crippen LogP contribution is -2.51. The van der Waals surface area contributed by atoms with Gasteiger partial charge >= 0.3 is 5.97 Å². The van der Waals surface area contributed by atoms with Crippen LogP contribution in [0.3, 0.4) is 0 Å². The second kappa shape index (κ2) is 5.98. The Morgan fingerprint density at radius 2 is 1.92 bits per heavy atom. The van der Waals surface area contributed by atoms with E-state index in [1.807, 2.05) is 12.1 Å². The Morgan fingerprint density at radius 3 is 2.62 bits per heavy atom. The number of carbonyl (C=O) groups excluding carboxylic acids is 1. The van der Waals surface area contributed by atoms with Gasteiger partial charge in [-0.05, 0) is 85.0 Å². The molecule has 3 aliphatic rings. The molecule has 2 fully saturated rings. The summed E-state index contributed by atoms with van der Waals surface area (Å²) < 4.78 is 10.8. The number of benzene rings is 1. The Hall–Kier alpha value is -1.55. The lowest BCUT2D eigenvalue weighted by atomic mass is 9.52. The van der Waals surface area contributed by atoms with Gasteiger partial charge in [-0.2, -0.15) is 0 Å². The van der Waals surface area contributed by atoms with Crippen LogP contribution in [0.4, 0.5) is 0 Å². The predicted octanol–water partition coefficient (Wildman–Crippen LogP) is 4.22. The largest absolute Gasteiger partial charge is 0.493 e. The van der Waals surface area contributed by atoms with E-state index in [1.54, 1.807) is 7.11 Å². The summed E-state index contributed by atoms with van der Waals surface area (Å²) in [5, 5.41) is 11.8. The highest BCUT2D eigenvalue weighted by Gasteiger charge is 2.59. The van der Waals surface area contributed by atoms with Gasteiger partial charge in [0, 0.05) is 6.92 Å². The van der Waals surface area contributed by atoms with E-state index < -0.39 is 5.60 Å². The minimum absolute atomic E-state index is 0.308. The first kappa shape index (κ1) is 17.8. The maximum atomic E-state index is 11.8. The zero-order valence-corrected chi connectivity index (χ0v) is 16.3. The molecular weight excluding hydrogens is 328 g/mol. The molecule has 2 saturated carbocycles. The molecule has 0 aliphatic heterocycles. The van der Waals surface area contributed by atoms with Crippen molar-refractivity contribution in [3.05, 3.63) is 23.3 Å². The molecule has 3 aliphatic carbocycles. The smallest absolute Gasteiger partial charge is 0.308 e. The molecule has 142 valence electrons. The van der Waals surface area contributed by atoms with Gasteiger partial charge in [0.25, 0.3) is 0 Å². The number of aliphatic hydroxyl groups is 1. The summed E-state index contributed by atoms with van der Waals surface area (Å²) in [5.41, 5.74) is 1.65. The molecule has 26 heavy (non-hydrogen) atoms. The lowest BCUT2D eigenvalue weighted by molar-refractivity contribution is -0.132. The molecular formula is C22H30O4. The molecule has 0 amide bonds. The highest BCUT2D eigenvalue weighted by molar-refractivity contribution is 5.71. The van der Waals surface area contributed by atoms with Crippen molar-refractivity contribution in [2.24, 2.45) is 23.2 Å². The van der Waals surface area contributed by atoms with Gasteiger partial charge in [0.05, 0.1) is 12.7 Å². The second-order valence-electron chi connectivity index (χ2n) is 8.91. The molecule has 1 aromatic rings. The van der Waals surface area contributed by atoms with E-state index in [1.165, 1.54) is 19.8 Å². The van der Waals surface area contributed by atoms with Crippen LogP contribution in [0.15, 0.2) is 12.1 Å². The van der Waals surface area contributed by atoms with Crippen molar-refractivity contribution in [3.63, 3.8) is 0 Å². The highest BCUT2D eigenvalue weighted by Crippen LogP contribution is 2.64. The molecule has 0 bridgehead atoms. The SMILES string of the molecule is COc1cc2c(cc1OC(C)=O)CCC1C3CC[C@H](C)[C@@]3(C)CCC21O. The fourth-order valence-corrected chi connectivity index (χ4v) is 6.22. The molecule has 5 atom stereocenters. The van der Waals surface area contributed by atoms with Gasteiger partial charge in [-0.15, -0.1) is 0 Å². The van der Waals surface area contributed by atoms with Crippen LogP contribution < -0.4 is 9.47 Å². The van der Waals surface area contributed by atoms with Crippen LogP contribution in [-0.4, -0.2) is 18.2 Å². The number of carbonyl (C=O) groups is 1. The maximum Gasteiger partial charge on any atom is 0.308 e. The van der Waals surface area contributed by atoms with E-state index in [0.29, 0.717) is 28.7 Å². The Balaban J connectivity index is 1.76. The molecule has 0 spiro atoms. The van der Waals surface area contributed by atoms with Crippen LogP contribution in [0.1, 0.15) is 64.0 Å².